The molecule has 1 heterocycles. The monoisotopic (exact) mass is 334 g/mol. The molecule has 25 heavy (non-hydrogen) atoms. The van der Waals surface area contributed by atoms with Crippen molar-refractivity contribution >= 4 is 16.9 Å². The standard InChI is InChI=1S/C21H18O4/c1-13-19(14-6-3-2-4-7-14)20(22)17-11-10-16(12-18(17)24-13)25-21(23)15-8-5-9-15/h2-4,6-7,10-12,15H,5,8-9H2,1H3. The van der Waals surface area contributed by atoms with Crippen molar-refractivity contribution in [3.8, 4) is 16.9 Å². The largest absolute Gasteiger partial charge is 0.460 e. The maximum atomic E-state index is 12.9. The zero-order valence-corrected chi connectivity index (χ0v) is 14.0. The van der Waals surface area contributed by atoms with Crippen LogP contribution in [0.4, 0.5) is 0 Å². The Labute approximate surface area is 145 Å². The van der Waals surface area contributed by atoms with Crippen LogP contribution in [-0.2, 0) is 4.79 Å². The molecule has 1 aliphatic rings. The number of esters is 1. The van der Waals surface area contributed by atoms with E-state index in [1.54, 1.807) is 25.1 Å². The molecular formula is C21H18O4. The van der Waals surface area contributed by atoms with Gasteiger partial charge in [0.2, 0.25) is 5.43 Å². The van der Waals surface area contributed by atoms with Crippen LogP contribution in [0.5, 0.6) is 5.75 Å². The number of hydrogen-bond acceptors (Lipinski definition) is 4. The summed E-state index contributed by atoms with van der Waals surface area (Å²) in [6.45, 7) is 1.77. The Hall–Kier alpha value is -2.88. The van der Waals surface area contributed by atoms with E-state index < -0.39 is 0 Å². The summed E-state index contributed by atoms with van der Waals surface area (Å²) >= 11 is 0. The maximum absolute atomic E-state index is 12.9. The van der Waals surface area contributed by atoms with E-state index in [4.69, 9.17) is 9.15 Å². The van der Waals surface area contributed by atoms with Gasteiger partial charge in [-0.1, -0.05) is 36.8 Å². The molecule has 2 aromatic carbocycles. The van der Waals surface area contributed by atoms with E-state index in [0.717, 1.165) is 24.8 Å². The van der Waals surface area contributed by atoms with Crippen LogP contribution in [0.2, 0.25) is 0 Å². The van der Waals surface area contributed by atoms with E-state index in [1.807, 2.05) is 30.3 Å². The van der Waals surface area contributed by atoms with Crippen LogP contribution in [0.25, 0.3) is 22.1 Å². The van der Waals surface area contributed by atoms with Gasteiger partial charge in [0.1, 0.15) is 17.1 Å². The Morgan fingerprint density at radius 1 is 1.12 bits per heavy atom. The quantitative estimate of drug-likeness (QED) is 0.524. The summed E-state index contributed by atoms with van der Waals surface area (Å²) in [6, 6.07) is 14.4. The van der Waals surface area contributed by atoms with Crippen LogP contribution < -0.4 is 10.2 Å². The average Bonchev–Trinajstić information content (AvgIpc) is 2.54. The Morgan fingerprint density at radius 2 is 1.88 bits per heavy atom. The van der Waals surface area contributed by atoms with E-state index in [-0.39, 0.29) is 17.3 Å². The molecule has 0 radical (unpaired) electrons. The van der Waals surface area contributed by atoms with Crippen molar-refractivity contribution in [3.05, 3.63) is 64.5 Å². The molecule has 0 N–H and O–H groups in total. The van der Waals surface area contributed by atoms with Gasteiger partial charge in [0, 0.05) is 6.07 Å². The van der Waals surface area contributed by atoms with E-state index >= 15 is 0 Å². The summed E-state index contributed by atoms with van der Waals surface area (Å²) < 4.78 is 11.3. The van der Waals surface area contributed by atoms with Gasteiger partial charge in [-0.05, 0) is 37.5 Å². The zero-order chi connectivity index (χ0) is 17.4. The molecule has 0 unspecified atom stereocenters. The first-order chi connectivity index (χ1) is 12.1. The molecule has 1 fully saturated rings. The SMILES string of the molecule is Cc1oc2cc(OC(=O)C3CCC3)ccc2c(=O)c1-c1ccccc1. The minimum Gasteiger partial charge on any atom is -0.460 e. The van der Waals surface area contributed by atoms with Crippen LogP contribution in [0.1, 0.15) is 25.0 Å². The Bertz CT molecular complexity index is 998. The topological polar surface area (TPSA) is 56.5 Å². The first-order valence-corrected chi connectivity index (χ1v) is 8.48. The highest BCUT2D eigenvalue weighted by Gasteiger charge is 2.27. The molecule has 0 aliphatic heterocycles. The third-order valence-electron chi connectivity index (χ3n) is 4.76. The van der Waals surface area contributed by atoms with Crippen molar-refractivity contribution in [2.24, 2.45) is 5.92 Å². The molecule has 1 saturated carbocycles. The predicted octanol–water partition coefficient (Wildman–Crippen LogP) is 4.47. The summed E-state index contributed by atoms with van der Waals surface area (Å²) in [4.78, 5) is 24.9. The fraction of sp³-hybridized carbons (Fsp3) is 0.238. The lowest BCUT2D eigenvalue weighted by molar-refractivity contribution is -0.141. The molecule has 0 atom stereocenters. The lowest BCUT2D eigenvalue weighted by Crippen LogP contribution is -2.26. The molecular weight excluding hydrogens is 316 g/mol. The van der Waals surface area contributed by atoms with Gasteiger partial charge < -0.3 is 9.15 Å². The normalized spacial score (nSPS) is 14.3. The van der Waals surface area contributed by atoms with E-state index in [0.29, 0.717) is 28.0 Å². The van der Waals surface area contributed by atoms with Gasteiger partial charge in [-0.3, -0.25) is 9.59 Å². The van der Waals surface area contributed by atoms with Crippen molar-refractivity contribution < 1.29 is 13.9 Å². The van der Waals surface area contributed by atoms with Crippen molar-refractivity contribution in [3.63, 3.8) is 0 Å². The number of benzene rings is 2. The highest BCUT2D eigenvalue weighted by molar-refractivity contribution is 5.85. The second-order valence-electron chi connectivity index (χ2n) is 6.44. The Kier molecular flexibility index (Phi) is 3.88. The van der Waals surface area contributed by atoms with Gasteiger partial charge in [-0.15, -0.1) is 0 Å². The Morgan fingerprint density at radius 3 is 2.56 bits per heavy atom. The number of hydrogen-bond donors (Lipinski definition) is 0. The molecule has 126 valence electrons. The van der Waals surface area contributed by atoms with E-state index in [1.165, 1.54) is 0 Å². The number of carbonyl (C=O) groups excluding carboxylic acids is 1. The summed E-state index contributed by atoms with van der Waals surface area (Å²) in [5, 5.41) is 0.480. The smallest absolute Gasteiger partial charge is 0.314 e. The lowest BCUT2D eigenvalue weighted by Gasteiger charge is -2.22. The molecule has 0 spiro atoms. The number of aryl methyl sites for hydroxylation is 1. The van der Waals surface area contributed by atoms with Crippen LogP contribution in [0.15, 0.2) is 57.7 Å². The molecule has 1 aromatic heterocycles. The summed E-state index contributed by atoms with van der Waals surface area (Å²) in [5.41, 5.74) is 1.74. The zero-order valence-electron chi connectivity index (χ0n) is 14.0. The van der Waals surface area contributed by atoms with Gasteiger partial charge >= 0.3 is 5.97 Å². The van der Waals surface area contributed by atoms with Crippen LogP contribution in [0.3, 0.4) is 0 Å². The van der Waals surface area contributed by atoms with Gasteiger partial charge in [-0.25, -0.2) is 0 Å². The van der Waals surface area contributed by atoms with Crippen molar-refractivity contribution in [1.82, 2.24) is 0 Å². The minimum absolute atomic E-state index is 0.00454. The molecule has 4 rings (SSSR count). The number of carbonyl (C=O) groups is 1. The highest BCUT2D eigenvalue weighted by Crippen LogP contribution is 2.30. The number of fused-ring (bicyclic) bond motifs is 1. The van der Waals surface area contributed by atoms with E-state index in [9.17, 15) is 9.59 Å². The lowest BCUT2D eigenvalue weighted by atomic mass is 9.86. The first-order valence-electron chi connectivity index (χ1n) is 8.48. The fourth-order valence-corrected chi connectivity index (χ4v) is 3.13. The Balaban J connectivity index is 1.75. The van der Waals surface area contributed by atoms with Crippen molar-refractivity contribution in [2.45, 2.75) is 26.2 Å². The maximum Gasteiger partial charge on any atom is 0.314 e. The molecule has 4 nitrogen and oxygen atoms in total. The fourth-order valence-electron chi connectivity index (χ4n) is 3.13. The number of ether oxygens (including phenoxy) is 1. The average molecular weight is 334 g/mol. The molecule has 1 aliphatic carbocycles. The van der Waals surface area contributed by atoms with Crippen molar-refractivity contribution in [1.29, 1.82) is 0 Å². The molecule has 0 saturated heterocycles. The molecule has 4 heteroatoms. The molecule has 3 aromatic rings. The molecule has 0 bridgehead atoms. The minimum atomic E-state index is -0.203. The van der Waals surface area contributed by atoms with E-state index in [2.05, 4.69) is 0 Å². The predicted molar refractivity (Wildman–Crippen MR) is 95.6 cm³/mol. The second-order valence-corrected chi connectivity index (χ2v) is 6.44. The highest BCUT2D eigenvalue weighted by atomic mass is 16.5. The number of rotatable bonds is 3. The van der Waals surface area contributed by atoms with Crippen molar-refractivity contribution in [2.75, 3.05) is 0 Å². The van der Waals surface area contributed by atoms with Gasteiger partial charge in [-0.2, -0.15) is 0 Å². The van der Waals surface area contributed by atoms with Crippen LogP contribution >= 0.6 is 0 Å². The third kappa shape index (κ3) is 2.84. The summed E-state index contributed by atoms with van der Waals surface area (Å²) in [7, 11) is 0. The molecule has 0 amide bonds. The third-order valence-corrected chi connectivity index (χ3v) is 4.76. The first kappa shape index (κ1) is 15.6. The van der Waals surface area contributed by atoms with Gasteiger partial charge in [0.05, 0.1) is 16.9 Å². The van der Waals surface area contributed by atoms with Gasteiger partial charge in [0.15, 0.2) is 0 Å². The van der Waals surface area contributed by atoms with Crippen LogP contribution in [-0.4, -0.2) is 5.97 Å². The second kappa shape index (κ2) is 6.20. The van der Waals surface area contributed by atoms with Crippen LogP contribution in [0, 0.1) is 12.8 Å². The summed E-state index contributed by atoms with van der Waals surface area (Å²) in [6.07, 6.45) is 2.86. The summed E-state index contributed by atoms with van der Waals surface area (Å²) in [5.74, 6) is 0.765. The van der Waals surface area contributed by atoms with Gasteiger partial charge in [0.25, 0.3) is 0 Å².